The predicted molar refractivity (Wildman–Crippen MR) is 73.7 cm³/mol. The minimum atomic E-state index is 0.716. The van der Waals surface area contributed by atoms with Gasteiger partial charge in [-0.2, -0.15) is 4.98 Å². The third-order valence-electron chi connectivity index (χ3n) is 2.46. The Morgan fingerprint density at radius 2 is 2.00 bits per heavy atom. The summed E-state index contributed by atoms with van der Waals surface area (Å²) in [6, 6.07) is 7.53. The molecule has 1 aromatic carbocycles. The van der Waals surface area contributed by atoms with Crippen molar-refractivity contribution in [1.82, 2.24) is 14.6 Å². The minimum Gasteiger partial charge on any atom is -0.207 e. The summed E-state index contributed by atoms with van der Waals surface area (Å²) in [5.74, 6) is 0.725. The van der Waals surface area contributed by atoms with Gasteiger partial charge in [0.2, 0.25) is 4.96 Å². The number of fused-ring (bicyclic) bond motifs is 1. The van der Waals surface area contributed by atoms with E-state index < -0.39 is 0 Å². The molecule has 0 saturated carbocycles. The lowest BCUT2D eigenvalue weighted by molar-refractivity contribution is 0.932. The average Bonchev–Trinajstić information content (AvgIpc) is 2.82. The van der Waals surface area contributed by atoms with Gasteiger partial charge in [-0.25, -0.2) is 4.52 Å². The molecule has 3 nitrogen and oxygen atoms in total. The number of thiazole rings is 1. The van der Waals surface area contributed by atoms with E-state index in [4.69, 9.17) is 11.6 Å². The van der Waals surface area contributed by atoms with Crippen molar-refractivity contribution in [3.05, 3.63) is 38.8 Å². The average molecular weight is 329 g/mol. The molecule has 3 aromatic rings. The molecule has 0 N–H and O–H groups in total. The molecule has 17 heavy (non-hydrogen) atoms. The fourth-order valence-electron chi connectivity index (χ4n) is 1.54. The number of halogens is 2. The molecule has 0 radical (unpaired) electrons. The van der Waals surface area contributed by atoms with Crippen LogP contribution in [0.1, 0.15) is 5.69 Å². The Hall–Kier alpha value is -0.910. The van der Waals surface area contributed by atoms with Crippen molar-refractivity contribution in [3.8, 4) is 11.4 Å². The van der Waals surface area contributed by atoms with E-state index in [1.54, 1.807) is 11.3 Å². The smallest absolute Gasteiger partial charge is 0.207 e. The van der Waals surface area contributed by atoms with Crippen LogP contribution in [0.15, 0.2) is 28.1 Å². The number of aryl methyl sites for hydroxylation is 1. The summed E-state index contributed by atoms with van der Waals surface area (Å²) in [6.45, 7) is 2.01. The van der Waals surface area contributed by atoms with Gasteiger partial charge in [-0.1, -0.05) is 22.9 Å². The minimum absolute atomic E-state index is 0.716. The van der Waals surface area contributed by atoms with Gasteiger partial charge in [0.05, 0.1) is 9.48 Å². The molecule has 86 valence electrons. The first kappa shape index (κ1) is 11.2. The molecule has 3 rings (SSSR count). The Labute approximate surface area is 115 Å². The van der Waals surface area contributed by atoms with Gasteiger partial charge in [0.1, 0.15) is 0 Å². The molecule has 0 aliphatic carbocycles. The van der Waals surface area contributed by atoms with Crippen molar-refractivity contribution in [3.63, 3.8) is 0 Å². The van der Waals surface area contributed by atoms with Gasteiger partial charge in [-0.3, -0.25) is 0 Å². The zero-order valence-corrected chi connectivity index (χ0v) is 12.0. The summed E-state index contributed by atoms with van der Waals surface area (Å²) in [7, 11) is 0. The van der Waals surface area contributed by atoms with Crippen molar-refractivity contribution < 1.29 is 0 Å². The number of rotatable bonds is 1. The van der Waals surface area contributed by atoms with Gasteiger partial charge in [0.25, 0.3) is 0 Å². The molecule has 0 bridgehead atoms. The van der Waals surface area contributed by atoms with Crippen molar-refractivity contribution in [2.75, 3.05) is 0 Å². The number of hydrogen-bond donors (Lipinski definition) is 0. The Morgan fingerprint density at radius 1 is 1.29 bits per heavy atom. The van der Waals surface area contributed by atoms with Gasteiger partial charge in [-0.15, -0.1) is 5.10 Å². The van der Waals surface area contributed by atoms with Gasteiger partial charge < -0.3 is 0 Å². The van der Waals surface area contributed by atoms with Crippen LogP contribution in [0, 0.1) is 6.92 Å². The summed E-state index contributed by atoms with van der Waals surface area (Å²) >= 11 is 10.9. The van der Waals surface area contributed by atoms with E-state index in [0.29, 0.717) is 5.02 Å². The highest BCUT2D eigenvalue weighted by Gasteiger charge is 2.12. The van der Waals surface area contributed by atoms with Crippen molar-refractivity contribution in [1.29, 1.82) is 0 Å². The first-order chi connectivity index (χ1) is 8.15. The molecule has 2 aromatic heterocycles. The third-order valence-corrected chi connectivity index (χ3v) is 4.70. The summed E-state index contributed by atoms with van der Waals surface area (Å²) < 4.78 is 2.91. The Bertz CT molecular complexity index is 687. The zero-order chi connectivity index (χ0) is 12.0. The van der Waals surface area contributed by atoms with Crippen LogP contribution in [0.4, 0.5) is 0 Å². The number of benzene rings is 1. The molecule has 0 amide bonds. The van der Waals surface area contributed by atoms with Crippen molar-refractivity contribution in [2.45, 2.75) is 6.92 Å². The van der Waals surface area contributed by atoms with E-state index in [2.05, 4.69) is 26.0 Å². The van der Waals surface area contributed by atoms with Crippen LogP contribution < -0.4 is 0 Å². The molecule has 0 atom stereocenters. The lowest BCUT2D eigenvalue weighted by Gasteiger charge is -1.94. The lowest BCUT2D eigenvalue weighted by Crippen LogP contribution is -1.87. The standard InChI is InChI=1S/C11H7BrClN3S/c1-6-9(12)17-11-14-10(15-16(6)11)7-2-4-8(13)5-3-7/h2-5H,1H3. The van der Waals surface area contributed by atoms with Crippen LogP contribution >= 0.6 is 38.9 Å². The highest BCUT2D eigenvalue weighted by Crippen LogP contribution is 2.28. The lowest BCUT2D eigenvalue weighted by atomic mass is 10.2. The highest BCUT2D eigenvalue weighted by molar-refractivity contribution is 9.11. The predicted octanol–water partition coefficient (Wildman–Crippen LogP) is 4.18. The molecule has 6 heteroatoms. The van der Waals surface area contributed by atoms with E-state index in [1.165, 1.54) is 0 Å². The Morgan fingerprint density at radius 3 is 2.65 bits per heavy atom. The summed E-state index contributed by atoms with van der Waals surface area (Å²) in [5.41, 5.74) is 2.04. The fourth-order valence-corrected chi connectivity index (χ4v) is 3.06. The topological polar surface area (TPSA) is 30.2 Å². The van der Waals surface area contributed by atoms with Crippen molar-refractivity contribution in [2.24, 2.45) is 0 Å². The Balaban J connectivity index is 2.15. The number of aromatic nitrogens is 3. The Kier molecular flexibility index (Phi) is 2.69. The highest BCUT2D eigenvalue weighted by atomic mass is 79.9. The largest absolute Gasteiger partial charge is 0.213 e. The summed E-state index contributed by atoms with van der Waals surface area (Å²) in [6.07, 6.45) is 0. The number of nitrogens with zero attached hydrogens (tertiary/aromatic N) is 3. The first-order valence-electron chi connectivity index (χ1n) is 4.93. The van der Waals surface area contributed by atoms with Gasteiger partial charge in [0, 0.05) is 10.6 Å². The molecule has 2 heterocycles. The quantitative estimate of drug-likeness (QED) is 0.671. The summed E-state index contributed by atoms with van der Waals surface area (Å²) in [5, 5.41) is 5.19. The van der Waals surface area contributed by atoms with Gasteiger partial charge in [-0.05, 0) is 47.1 Å². The fraction of sp³-hybridized carbons (Fsp3) is 0.0909. The second kappa shape index (κ2) is 4.08. The third kappa shape index (κ3) is 1.88. The number of hydrogen-bond acceptors (Lipinski definition) is 3. The van der Waals surface area contributed by atoms with Crippen LogP contribution in [-0.4, -0.2) is 14.6 Å². The molecule has 0 aliphatic rings. The van der Waals surface area contributed by atoms with E-state index in [0.717, 1.165) is 25.8 Å². The monoisotopic (exact) mass is 327 g/mol. The van der Waals surface area contributed by atoms with Crippen molar-refractivity contribution >= 4 is 43.8 Å². The second-order valence-electron chi connectivity index (χ2n) is 3.60. The summed E-state index contributed by atoms with van der Waals surface area (Å²) in [4.78, 5) is 5.38. The van der Waals surface area contributed by atoms with Gasteiger partial charge in [0.15, 0.2) is 5.82 Å². The molecule has 0 fully saturated rings. The van der Waals surface area contributed by atoms with E-state index in [9.17, 15) is 0 Å². The first-order valence-corrected chi connectivity index (χ1v) is 6.91. The van der Waals surface area contributed by atoms with E-state index >= 15 is 0 Å². The molecule has 0 aliphatic heterocycles. The van der Waals surface area contributed by atoms with Crippen LogP contribution in [0.5, 0.6) is 0 Å². The van der Waals surface area contributed by atoms with Crippen LogP contribution in [-0.2, 0) is 0 Å². The molecule has 0 spiro atoms. The van der Waals surface area contributed by atoms with Crippen LogP contribution in [0.25, 0.3) is 16.3 Å². The zero-order valence-electron chi connectivity index (χ0n) is 8.82. The van der Waals surface area contributed by atoms with Crippen LogP contribution in [0.3, 0.4) is 0 Å². The maximum atomic E-state index is 5.85. The molecular weight excluding hydrogens is 322 g/mol. The molecule has 0 saturated heterocycles. The van der Waals surface area contributed by atoms with E-state index in [1.807, 2.05) is 35.7 Å². The van der Waals surface area contributed by atoms with Gasteiger partial charge >= 0.3 is 0 Å². The maximum Gasteiger partial charge on any atom is 0.213 e. The molecular formula is C11H7BrClN3S. The second-order valence-corrected chi connectivity index (χ2v) is 6.33. The maximum absolute atomic E-state index is 5.85. The SMILES string of the molecule is Cc1c(Br)sc2nc(-c3ccc(Cl)cc3)nn12. The normalized spacial score (nSPS) is 11.2. The van der Waals surface area contributed by atoms with E-state index in [-0.39, 0.29) is 0 Å². The van der Waals surface area contributed by atoms with Crippen LogP contribution in [0.2, 0.25) is 5.02 Å². The molecule has 0 unspecified atom stereocenters.